The molecule has 6 heteroatoms. The first-order valence-electron chi connectivity index (χ1n) is 8.60. The summed E-state index contributed by atoms with van der Waals surface area (Å²) in [6, 6.07) is 13.4. The first-order chi connectivity index (χ1) is 12.7. The molecule has 136 valence electrons. The zero-order chi connectivity index (χ0) is 18.2. The standard InChI is InChI=1S/C20H21FN2O3/c21-18-5-1-2-6-19(18)22-12-15-7-9-16(10-8-15)26-14-20(24)23-13-17-4-3-11-25-17/h1-2,5-10,12,17H,3-4,11,13-14H2,(H,23,24)/t17-/m0/s1. The number of nitrogens with one attached hydrogen (secondary N) is 1. The van der Waals surface area contributed by atoms with Gasteiger partial charge in [-0.15, -0.1) is 0 Å². The molecule has 1 amide bonds. The van der Waals surface area contributed by atoms with E-state index in [-0.39, 0.29) is 30.1 Å². The first kappa shape index (κ1) is 18.1. The Bertz CT molecular complexity index is 756. The summed E-state index contributed by atoms with van der Waals surface area (Å²) in [6.07, 6.45) is 3.73. The van der Waals surface area contributed by atoms with Crippen LogP contribution in [0.4, 0.5) is 10.1 Å². The van der Waals surface area contributed by atoms with Crippen LogP contribution in [0.1, 0.15) is 18.4 Å². The number of ether oxygens (including phenoxy) is 2. The van der Waals surface area contributed by atoms with Crippen molar-refractivity contribution in [1.29, 1.82) is 0 Å². The van der Waals surface area contributed by atoms with E-state index in [9.17, 15) is 9.18 Å². The van der Waals surface area contributed by atoms with Gasteiger partial charge in [0, 0.05) is 19.4 Å². The summed E-state index contributed by atoms with van der Waals surface area (Å²) < 4.78 is 24.4. The Morgan fingerprint density at radius 3 is 2.81 bits per heavy atom. The maximum atomic E-state index is 13.5. The number of hydrogen-bond acceptors (Lipinski definition) is 4. The van der Waals surface area contributed by atoms with Gasteiger partial charge >= 0.3 is 0 Å². The van der Waals surface area contributed by atoms with E-state index in [2.05, 4.69) is 10.3 Å². The van der Waals surface area contributed by atoms with Crippen molar-refractivity contribution in [2.24, 2.45) is 4.99 Å². The van der Waals surface area contributed by atoms with E-state index < -0.39 is 0 Å². The zero-order valence-electron chi connectivity index (χ0n) is 14.4. The van der Waals surface area contributed by atoms with Gasteiger partial charge in [-0.25, -0.2) is 4.39 Å². The van der Waals surface area contributed by atoms with Crippen LogP contribution in [-0.2, 0) is 9.53 Å². The predicted molar refractivity (Wildman–Crippen MR) is 97.6 cm³/mol. The average Bonchev–Trinajstić information content (AvgIpc) is 3.18. The van der Waals surface area contributed by atoms with Crippen molar-refractivity contribution in [2.45, 2.75) is 18.9 Å². The summed E-state index contributed by atoms with van der Waals surface area (Å²) in [4.78, 5) is 15.9. The molecule has 0 bridgehead atoms. The van der Waals surface area contributed by atoms with Crippen LogP contribution in [0.15, 0.2) is 53.5 Å². The maximum absolute atomic E-state index is 13.5. The molecular formula is C20H21FN2O3. The van der Waals surface area contributed by atoms with Crippen molar-refractivity contribution in [1.82, 2.24) is 5.32 Å². The summed E-state index contributed by atoms with van der Waals surface area (Å²) in [5, 5.41) is 2.80. The van der Waals surface area contributed by atoms with Crippen LogP contribution in [0.3, 0.4) is 0 Å². The molecule has 3 rings (SSSR count). The van der Waals surface area contributed by atoms with E-state index >= 15 is 0 Å². The number of nitrogens with zero attached hydrogens (tertiary/aromatic N) is 1. The molecule has 5 nitrogen and oxygen atoms in total. The molecule has 2 aromatic carbocycles. The minimum atomic E-state index is -0.363. The highest BCUT2D eigenvalue weighted by molar-refractivity contribution is 5.82. The van der Waals surface area contributed by atoms with Gasteiger partial charge < -0.3 is 14.8 Å². The van der Waals surface area contributed by atoms with Crippen molar-refractivity contribution < 1.29 is 18.7 Å². The Morgan fingerprint density at radius 1 is 1.27 bits per heavy atom. The van der Waals surface area contributed by atoms with Crippen molar-refractivity contribution in [3.05, 3.63) is 59.9 Å². The lowest BCUT2D eigenvalue weighted by molar-refractivity contribution is -0.123. The van der Waals surface area contributed by atoms with Crippen LogP contribution < -0.4 is 10.1 Å². The molecule has 1 heterocycles. The highest BCUT2D eigenvalue weighted by atomic mass is 19.1. The van der Waals surface area contributed by atoms with E-state index in [1.165, 1.54) is 6.07 Å². The fourth-order valence-electron chi connectivity index (χ4n) is 2.58. The summed E-state index contributed by atoms with van der Waals surface area (Å²) in [7, 11) is 0. The van der Waals surface area contributed by atoms with Crippen molar-refractivity contribution in [2.75, 3.05) is 19.8 Å². The van der Waals surface area contributed by atoms with Gasteiger partial charge in [-0.3, -0.25) is 9.79 Å². The first-order valence-corrected chi connectivity index (χ1v) is 8.60. The maximum Gasteiger partial charge on any atom is 0.258 e. The number of rotatable bonds is 7. The van der Waals surface area contributed by atoms with E-state index in [0.717, 1.165) is 25.0 Å². The third kappa shape index (κ3) is 5.39. The topological polar surface area (TPSA) is 59.9 Å². The molecule has 1 N–H and O–H groups in total. The highest BCUT2D eigenvalue weighted by Crippen LogP contribution is 2.17. The van der Waals surface area contributed by atoms with Crippen LogP contribution in [0.2, 0.25) is 0 Å². The minimum Gasteiger partial charge on any atom is -0.484 e. The zero-order valence-corrected chi connectivity index (χ0v) is 14.4. The van der Waals surface area contributed by atoms with Crippen molar-refractivity contribution >= 4 is 17.8 Å². The van der Waals surface area contributed by atoms with Gasteiger partial charge in [-0.2, -0.15) is 0 Å². The molecule has 1 aliphatic rings. The molecule has 0 aliphatic carbocycles. The van der Waals surface area contributed by atoms with Crippen LogP contribution in [0, 0.1) is 5.82 Å². The fourth-order valence-corrected chi connectivity index (χ4v) is 2.58. The van der Waals surface area contributed by atoms with Gasteiger partial charge in [-0.1, -0.05) is 12.1 Å². The molecule has 0 unspecified atom stereocenters. The number of benzene rings is 2. The summed E-state index contributed by atoms with van der Waals surface area (Å²) >= 11 is 0. The number of carbonyl (C=O) groups is 1. The molecule has 26 heavy (non-hydrogen) atoms. The Balaban J connectivity index is 1.45. The Hall–Kier alpha value is -2.73. The van der Waals surface area contributed by atoms with E-state index in [1.807, 2.05) is 0 Å². The summed E-state index contributed by atoms with van der Waals surface area (Å²) in [5.41, 5.74) is 1.10. The largest absolute Gasteiger partial charge is 0.484 e. The SMILES string of the molecule is O=C(COc1ccc(C=Nc2ccccc2F)cc1)NC[C@@H]1CCCO1. The van der Waals surface area contributed by atoms with Gasteiger partial charge in [0.25, 0.3) is 5.91 Å². The fraction of sp³-hybridized carbons (Fsp3) is 0.300. The van der Waals surface area contributed by atoms with Gasteiger partial charge in [0.05, 0.1) is 11.8 Å². The normalized spacial score (nSPS) is 16.7. The average molecular weight is 356 g/mol. The number of amides is 1. The molecule has 0 aromatic heterocycles. The second-order valence-electron chi connectivity index (χ2n) is 6.01. The second kappa shape index (κ2) is 9.10. The quantitative estimate of drug-likeness (QED) is 0.775. The molecule has 1 saturated heterocycles. The highest BCUT2D eigenvalue weighted by Gasteiger charge is 2.16. The van der Waals surface area contributed by atoms with Crippen molar-refractivity contribution in [3.63, 3.8) is 0 Å². The predicted octanol–water partition coefficient (Wildman–Crippen LogP) is 3.25. The smallest absolute Gasteiger partial charge is 0.258 e. The van der Waals surface area contributed by atoms with E-state index in [1.54, 1.807) is 48.7 Å². The van der Waals surface area contributed by atoms with Gasteiger partial charge in [0.15, 0.2) is 6.61 Å². The van der Waals surface area contributed by atoms with Gasteiger partial charge in [0.1, 0.15) is 11.6 Å². The van der Waals surface area contributed by atoms with Gasteiger partial charge in [-0.05, 0) is 54.8 Å². The Labute approximate surface area is 151 Å². The third-order valence-corrected chi connectivity index (χ3v) is 4.01. The molecular weight excluding hydrogens is 335 g/mol. The Kier molecular flexibility index (Phi) is 6.33. The monoisotopic (exact) mass is 356 g/mol. The molecule has 0 saturated carbocycles. The van der Waals surface area contributed by atoms with Crippen LogP contribution in [0.25, 0.3) is 0 Å². The summed E-state index contributed by atoms with van der Waals surface area (Å²) in [6.45, 7) is 1.24. The van der Waals surface area contributed by atoms with Gasteiger partial charge in [0.2, 0.25) is 0 Å². The number of hydrogen-bond donors (Lipinski definition) is 1. The third-order valence-electron chi connectivity index (χ3n) is 4.01. The molecule has 2 aromatic rings. The Morgan fingerprint density at radius 2 is 2.08 bits per heavy atom. The minimum absolute atomic E-state index is 0.0462. The number of para-hydroxylation sites is 1. The molecule has 0 spiro atoms. The van der Waals surface area contributed by atoms with E-state index in [0.29, 0.717) is 12.3 Å². The molecule has 1 fully saturated rings. The van der Waals surface area contributed by atoms with Crippen LogP contribution in [-0.4, -0.2) is 38.0 Å². The second-order valence-corrected chi connectivity index (χ2v) is 6.01. The molecule has 0 radical (unpaired) electrons. The van der Waals surface area contributed by atoms with Crippen molar-refractivity contribution in [3.8, 4) is 5.75 Å². The lowest BCUT2D eigenvalue weighted by atomic mass is 10.2. The number of aliphatic imine (C=N–C) groups is 1. The lowest BCUT2D eigenvalue weighted by Crippen LogP contribution is -2.35. The van der Waals surface area contributed by atoms with Crippen LogP contribution in [0.5, 0.6) is 5.75 Å². The number of carbonyl (C=O) groups excluding carboxylic acids is 1. The lowest BCUT2D eigenvalue weighted by Gasteiger charge is -2.11. The molecule has 1 atom stereocenters. The van der Waals surface area contributed by atoms with E-state index in [4.69, 9.17) is 9.47 Å². The number of halogens is 1. The summed E-state index contributed by atoms with van der Waals surface area (Å²) in [5.74, 6) is 0.0451. The van der Waals surface area contributed by atoms with Crippen LogP contribution >= 0.6 is 0 Å². The molecule has 1 aliphatic heterocycles.